The van der Waals surface area contributed by atoms with Crippen molar-refractivity contribution in [2.75, 3.05) is 18.5 Å². The SMILES string of the molecule is CCOc1cc(C)nc(NC(CCO)C(C)(C)C)n1. The highest BCUT2D eigenvalue weighted by Crippen LogP contribution is 2.25. The van der Waals surface area contributed by atoms with Gasteiger partial charge in [-0.2, -0.15) is 4.98 Å². The van der Waals surface area contributed by atoms with Gasteiger partial charge in [-0.1, -0.05) is 20.8 Å². The number of aryl methyl sites for hydroxylation is 1. The smallest absolute Gasteiger partial charge is 0.226 e. The van der Waals surface area contributed by atoms with Crippen LogP contribution in [-0.2, 0) is 0 Å². The van der Waals surface area contributed by atoms with Crippen molar-refractivity contribution in [3.8, 4) is 5.88 Å². The third-order valence-corrected chi connectivity index (χ3v) is 2.89. The van der Waals surface area contributed by atoms with Gasteiger partial charge in [-0.15, -0.1) is 0 Å². The van der Waals surface area contributed by atoms with Crippen LogP contribution in [0.5, 0.6) is 5.88 Å². The van der Waals surface area contributed by atoms with Gasteiger partial charge >= 0.3 is 0 Å². The maximum absolute atomic E-state index is 9.17. The molecule has 1 heterocycles. The van der Waals surface area contributed by atoms with Gasteiger partial charge in [0.15, 0.2) is 0 Å². The summed E-state index contributed by atoms with van der Waals surface area (Å²) in [5.74, 6) is 1.13. The number of aromatic nitrogens is 2. The number of hydrogen-bond donors (Lipinski definition) is 2. The highest BCUT2D eigenvalue weighted by molar-refractivity contribution is 5.32. The van der Waals surface area contributed by atoms with Crippen LogP contribution in [0.2, 0.25) is 0 Å². The van der Waals surface area contributed by atoms with Crippen LogP contribution in [0.1, 0.15) is 39.8 Å². The van der Waals surface area contributed by atoms with Crippen molar-refractivity contribution >= 4 is 5.95 Å². The molecule has 0 aliphatic heterocycles. The molecule has 1 aromatic heterocycles. The summed E-state index contributed by atoms with van der Waals surface area (Å²) in [5, 5.41) is 12.5. The Kier molecular flexibility index (Phi) is 5.54. The van der Waals surface area contributed by atoms with Crippen LogP contribution in [-0.4, -0.2) is 34.3 Å². The van der Waals surface area contributed by atoms with Gasteiger partial charge in [-0.3, -0.25) is 0 Å². The molecule has 0 amide bonds. The molecule has 0 aromatic carbocycles. The van der Waals surface area contributed by atoms with Gasteiger partial charge in [0, 0.05) is 24.4 Å². The van der Waals surface area contributed by atoms with Crippen LogP contribution in [0, 0.1) is 12.3 Å². The maximum Gasteiger partial charge on any atom is 0.226 e. The van der Waals surface area contributed by atoms with E-state index in [1.54, 1.807) is 0 Å². The van der Waals surface area contributed by atoms with Crippen LogP contribution >= 0.6 is 0 Å². The lowest BCUT2D eigenvalue weighted by Crippen LogP contribution is -2.35. The zero-order valence-electron chi connectivity index (χ0n) is 12.5. The van der Waals surface area contributed by atoms with E-state index in [0.29, 0.717) is 24.9 Å². The molecule has 5 heteroatoms. The zero-order chi connectivity index (χ0) is 14.5. The average Bonchev–Trinajstić information content (AvgIpc) is 2.27. The van der Waals surface area contributed by atoms with E-state index in [-0.39, 0.29) is 18.1 Å². The lowest BCUT2D eigenvalue weighted by atomic mass is 9.85. The van der Waals surface area contributed by atoms with Crippen LogP contribution < -0.4 is 10.1 Å². The largest absolute Gasteiger partial charge is 0.478 e. The lowest BCUT2D eigenvalue weighted by Gasteiger charge is -2.31. The number of aliphatic hydroxyl groups is 1. The van der Waals surface area contributed by atoms with Crippen LogP contribution in [0.4, 0.5) is 5.95 Å². The second-order valence-electron chi connectivity index (χ2n) is 5.68. The van der Waals surface area contributed by atoms with Gasteiger partial charge in [0.1, 0.15) is 0 Å². The predicted octanol–water partition coefficient (Wildman–Crippen LogP) is 2.39. The molecule has 0 bridgehead atoms. The first-order chi connectivity index (χ1) is 8.86. The van der Waals surface area contributed by atoms with Gasteiger partial charge in [-0.25, -0.2) is 4.98 Å². The Morgan fingerprint density at radius 1 is 1.37 bits per heavy atom. The zero-order valence-corrected chi connectivity index (χ0v) is 12.5. The Bertz CT molecular complexity index is 402. The molecule has 0 aliphatic rings. The van der Waals surface area contributed by atoms with Gasteiger partial charge in [0.2, 0.25) is 11.8 Å². The quantitative estimate of drug-likeness (QED) is 0.828. The molecule has 0 spiro atoms. The first kappa shape index (κ1) is 15.7. The fraction of sp³-hybridized carbons (Fsp3) is 0.714. The molecule has 1 rings (SSSR count). The number of anilines is 1. The second-order valence-corrected chi connectivity index (χ2v) is 5.68. The molecule has 0 saturated carbocycles. The number of ether oxygens (including phenoxy) is 1. The average molecular weight is 267 g/mol. The maximum atomic E-state index is 9.17. The lowest BCUT2D eigenvalue weighted by molar-refractivity contribution is 0.234. The normalized spacial score (nSPS) is 13.2. The van der Waals surface area contributed by atoms with Crippen molar-refractivity contribution in [2.24, 2.45) is 5.41 Å². The molecule has 1 aromatic rings. The minimum atomic E-state index is 0.0155. The van der Waals surface area contributed by atoms with Crippen molar-refractivity contribution in [1.29, 1.82) is 0 Å². The van der Waals surface area contributed by atoms with Gasteiger partial charge in [-0.05, 0) is 25.7 Å². The van der Waals surface area contributed by atoms with Crippen molar-refractivity contribution in [3.05, 3.63) is 11.8 Å². The van der Waals surface area contributed by atoms with Crippen LogP contribution in [0.3, 0.4) is 0 Å². The van der Waals surface area contributed by atoms with E-state index in [9.17, 15) is 0 Å². The molecule has 0 aliphatic carbocycles. The summed E-state index contributed by atoms with van der Waals surface area (Å²) in [7, 11) is 0. The molecular weight excluding hydrogens is 242 g/mol. The molecule has 108 valence electrons. The van der Waals surface area contributed by atoms with Crippen molar-refractivity contribution in [2.45, 2.75) is 47.1 Å². The molecule has 1 atom stereocenters. The van der Waals surface area contributed by atoms with Crippen molar-refractivity contribution in [3.63, 3.8) is 0 Å². The van der Waals surface area contributed by atoms with E-state index >= 15 is 0 Å². The summed E-state index contributed by atoms with van der Waals surface area (Å²) in [4.78, 5) is 8.70. The Morgan fingerprint density at radius 2 is 2.05 bits per heavy atom. The summed E-state index contributed by atoms with van der Waals surface area (Å²) in [6.45, 7) is 10.9. The van der Waals surface area contributed by atoms with E-state index in [1.165, 1.54) is 0 Å². The van der Waals surface area contributed by atoms with E-state index in [4.69, 9.17) is 9.84 Å². The Hall–Kier alpha value is -1.36. The molecular formula is C14H25N3O2. The predicted molar refractivity (Wildman–Crippen MR) is 76.5 cm³/mol. The number of nitrogens with zero attached hydrogens (tertiary/aromatic N) is 2. The molecule has 19 heavy (non-hydrogen) atoms. The van der Waals surface area contributed by atoms with E-state index in [2.05, 4.69) is 36.1 Å². The summed E-state index contributed by atoms with van der Waals surface area (Å²) in [6, 6.07) is 1.92. The Labute approximate surface area is 115 Å². The van der Waals surface area contributed by atoms with Crippen LogP contribution in [0.15, 0.2) is 6.07 Å². The molecule has 0 saturated heterocycles. The second kappa shape index (κ2) is 6.70. The fourth-order valence-corrected chi connectivity index (χ4v) is 1.83. The minimum absolute atomic E-state index is 0.0155. The molecule has 0 fully saturated rings. The first-order valence-corrected chi connectivity index (χ1v) is 6.72. The topological polar surface area (TPSA) is 67.3 Å². The fourth-order valence-electron chi connectivity index (χ4n) is 1.83. The van der Waals surface area contributed by atoms with Gasteiger partial charge in [0.05, 0.1) is 6.61 Å². The third-order valence-electron chi connectivity index (χ3n) is 2.89. The molecule has 2 N–H and O–H groups in total. The number of nitrogens with one attached hydrogen (secondary N) is 1. The molecule has 0 radical (unpaired) electrons. The molecule has 5 nitrogen and oxygen atoms in total. The molecule has 1 unspecified atom stereocenters. The van der Waals surface area contributed by atoms with Crippen LogP contribution in [0.25, 0.3) is 0 Å². The first-order valence-electron chi connectivity index (χ1n) is 6.72. The van der Waals surface area contributed by atoms with Gasteiger partial charge in [0.25, 0.3) is 0 Å². The Balaban J connectivity index is 2.89. The highest BCUT2D eigenvalue weighted by Gasteiger charge is 2.24. The summed E-state index contributed by atoms with van der Waals surface area (Å²) in [5.41, 5.74) is 0.874. The summed E-state index contributed by atoms with van der Waals surface area (Å²) in [6.07, 6.45) is 0.658. The van der Waals surface area contributed by atoms with Crippen molar-refractivity contribution < 1.29 is 9.84 Å². The minimum Gasteiger partial charge on any atom is -0.478 e. The van der Waals surface area contributed by atoms with Gasteiger partial charge < -0.3 is 15.2 Å². The monoisotopic (exact) mass is 267 g/mol. The van der Waals surface area contributed by atoms with E-state index in [1.807, 2.05) is 19.9 Å². The number of hydrogen-bond acceptors (Lipinski definition) is 5. The van der Waals surface area contributed by atoms with E-state index < -0.39 is 0 Å². The highest BCUT2D eigenvalue weighted by atomic mass is 16.5. The Morgan fingerprint density at radius 3 is 2.58 bits per heavy atom. The summed E-state index contributed by atoms with van der Waals surface area (Å²) < 4.78 is 5.41. The third kappa shape index (κ3) is 5.03. The van der Waals surface area contributed by atoms with Crippen molar-refractivity contribution in [1.82, 2.24) is 9.97 Å². The van der Waals surface area contributed by atoms with E-state index in [0.717, 1.165) is 5.69 Å². The number of rotatable bonds is 6. The summed E-state index contributed by atoms with van der Waals surface area (Å²) >= 11 is 0. The standard InChI is InChI=1S/C14H25N3O2/c1-6-19-12-9-10(2)15-13(17-12)16-11(7-8-18)14(3,4)5/h9,11,18H,6-8H2,1-5H3,(H,15,16,17). The number of aliphatic hydroxyl groups excluding tert-OH is 1.